The molecule has 1 atom stereocenters. The number of aliphatic hydroxyl groups is 1. The van der Waals surface area contributed by atoms with Gasteiger partial charge in [0.2, 0.25) is 0 Å². The van der Waals surface area contributed by atoms with Gasteiger partial charge in [-0.05, 0) is 36.6 Å². The predicted molar refractivity (Wildman–Crippen MR) is 122 cm³/mol. The zero-order valence-corrected chi connectivity index (χ0v) is 19.0. The number of pyridine rings is 1. The van der Waals surface area contributed by atoms with Gasteiger partial charge in [0, 0.05) is 31.1 Å². The van der Waals surface area contributed by atoms with E-state index in [2.05, 4.69) is 10.3 Å². The summed E-state index contributed by atoms with van der Waals surface area (Å²) in [5, 5.41) is 13.1. The number of halogens is 5. The highest BCUT2D eigenvalue weighted by molar-refractivity contribution is 7.21. The monoisotopic (exact) mass is 515 g/mol. The summed E-state index contributed by atoms with van der Waals surface area (Å²) in [6.07, 6.45) is -4.67. The number of aliphatic hydroxyl groups excluding tert-OH is 1. The zero-order chi connectivity index (χ0) is 25.5. The summed E-state index contributed by atoms with van der Waals surface area (Å²) in [6.45, 7) is 0.874. The summed E-state index contributed by atoms with van der Waals surface area (Å²) in [4.78, 5) is 17.4. The molecule has 13 heteroatoms. The van der Waals surface area contributed by atoms with E-state index < -0.39 is 35.4 Å². The topological polar surface area (TPSA) is 118 Å². The number of hydrogen-bond acceptors (Lipinski definition) is 7. The highest BCUT2D eigenvalue weighted by Crippen LogP contribution is 2.43. The Morgan fingerprint density at radius 2 is 1.91 bits per heavy atom. The third-order valence-electron chi connectivity index (χ3n) is 5.96. The van der Waals surface area contributed by atoms with Crippen LogP contribution in [-0.2, 0) is 6.18 Å². The fraction of sp³-hybridized carbons (Fsp3) is 0.364. The molecule has 4 rings (SSSR count). The van der Waals surface area contributed by atoms with Crippen LogP contribution >= 0.6 is 11.3 Å². The summed E-state index contributed by atoms with van der Waals surface area (Å²) >= 11 is 0.724. The molecule has 7 nitrogen and oxygen atoms in total. The molecule has 1 aliphatic heterocycles. The van der Waals surface area contributed by atoms with E-state index in [1.54, 1.807) is 4.90 Å². The lowest BCUT2D eigenvalue weighted by Gasteiger charge is -2.34. The number of alkyl halides is 3. The van der Waals surface area contributed by atoms with Crippen LogP contribution in [0.1, 0.15) is 39.7 Å². The first-order valence-corrected chi connectivity index (χ1v) is 11.5. The van der Waals surface area contributed by atoms with Crippen molar-refractivity contribution in [1.82, 2.24) is 10.3 Å². The fourth-order valence-electron chi connectivity index (χ4n) is 4.11. The minimum absolute atomic E-state index is 0.0176. The molecule has 188 valence electrons. The molecule has 6 N–H and O–H groups in total. The highest BCUT2D eigenvalue weighted by Gasteiger charge is 2.37. The molecule has 2 aromatic heterocycles. The first-order chi connectivity index (χ1) is 16.5. The number of amides is 1. The maximum Gasteiger partial charge on any atom is 0.417 e. The number of nitrogen functional groups attached to an aromatic ring is 1. The lowest BCUT2D eigenvalue weighted by Crippen LogP contribution is -2.44. The van der Waals surface area contributed by atoms with Crippen LogP contribution in [0, 0.1) is 11.6 Å². The number of rotatable bonds is 6. The molecule has 35 heavy (non-hydrogen) atoms. The summed E-state index contributed by atoms with van der Waals surface area (Å²) in [7, 11) is 0. The quantitative estimate of drug-likeness (QED) is 0.373. The van der Waals surface area contributed by atoms with Crippen molar-refractivity contribution in [3.05, 3.63) is 51.9 Å². The molecule has 1 aliphatic rings. The fourth-order valence-corrected chi connectivity index (χ4v) is 5.07. The van der Waals surface area contributed by atoms with Crippen molar-refractivity contribution in [3.63, 3.8) is 0 Å². The Kier molecular flexibility index (Phi) is 6.84. The van der Waals surface area contributed by atoms with Crippen molar-refractivity contribution in [2.24, 2.45) is 5.73 Å². The number of carbonyl (C=O) groups is 1. The van der Waals surface area contributed by atoms with E-state index in [4.69, 9.17) is 11.5 Å². The Labute approximate surface area is 200 Å². The molecule has 1 unspecified atom stereocenters. The van der Waals surface area contributed by atoms with Gasteiger partial charge in [-0.2, -0.15) is 13.2 Å². The third-order valence-corrected chi connectivity index (χ3v) is 7.08. The molecule has 3 heterocycles. The van der Waals surface area contributed by atoms with Crippen LogP contribution in [0.2, 0.25) is 0 Å². The van der Waals surface area contributed by atoms with Crippen LogP contribution < -0.4 is 21.7 Å². The maximum atomic E-state index is 13.8. The number of benzene rings is 1. The molecule has 1 fully saturated rings. The Morgan fingerprint density at radius 3 is 2.51 bits per heavy atom. The molecule has 0 saturated carbocycles. The molecule has 3 aromatic rings. The van der Waals surface area contributed by atoms with E-state index in [1.807, 2.05) is 0 Å². The van der Waals surface area contributed by atoms with Gasteiger partial charge in [-0.1, -0.05) is 6.07 Å². The molecule has 0 spiro atoms. The molecule has 0 bridgehead atoms. The number of piperidine rings is 1. The summed E-state index contributed by atoms with van der Waals surface area (Å²) in [5.41, 5.74) is 9.96. The van der Waals surface area contributed by atoms with Gasteiger partial charge in [-0.15, -0.1) is 11.3 Å². The Balaban J connectivity index is 1.46. The van der Waals surface area contributed by atoms with Gasteiger partial charge in [0.15, 0.2) is 11.6 Å². The van der Waals surface area contributed by atoms with Crippen LogP contribution in [0.4, 0.5) is 33.5 Å². The van der Waals surface area contributed by atoms with Crippen LogP contribution in [0.3, 0.4) is 0 Å². The number of anilines is 2. The summed E-state index contributed by atoms with van der Waals surface area (Å²) in [6, 6.07) is 4.06. The van der Waals surface area contributed by atoms with Crippen molar-refractivity contribution >= 4 is 39.0 Å². The molecular weight excluding hydrogens is 493 g/mol. The van der Waals surface area contributed by atoms with Crippen LogP contribution in [0.15, 0.2) is 24.3 Å². The maximum absolute atomic E-state index is 13.8. The summed E-state index contributed by atoms with van der Waals surface area (Å²) < 4.78 is 67.8. The second-order valence-corrected chi connectivity index (χ2v) is 9.27. The van der Waals surface area contributed by atoms with Crippen LogP contribution in [0.5, 0.6) is 0 Å². The van der Waals surface area contributed by atoms with E-state index in [1.165, 1.54) is 6.07 Å². The first-order valence-electron chi connectivity index (χ1n) is 10.7. The van der Waals surface area contributed by atoms with Gasteiger partial charge in [0.1, 0.15) is 15.5 Å². The molecule has 1 amide bonds. The largest absolute Gasteiger partial charge is 0.417 e. The number of carbonyl (C=O) groups excluding carboxylic acids is 1. The van der Waals surface area contributed by atoms with Crippen molar-refractivity contribution < 1.29 is 31.9 Å². The number of fused-ring (bicyclic) bond motifs is 1. The highest BCUT2D eigenvalue weighted by atomic mass is 32.1. The Bertz CT molecular complexity index is 1260. The number of hydrogen-bond donors (Lipinski definition) is 4. The normalized spacial score (nSPS) is 16.1. The van der Waals surface area contributed by atoms with Crippen molar-refractivity contribution in [1.29, 1.82) is 0 Å². The van der Waals surface area contributed by atoms with E-state index in [9.17, 15) is 31.9 Å². The number of nitrogens with one attached hydrogen (secondary N) is 1. The zero-order valence-electron chi connectivity index (χ0n) is 18.2. The number of thiophene rings is 1. The number of nitrogens with zero attached hydrogens (tertiary/aromatic N) is 2. The number of nitrogens with two attached hydrogens (primary N) is 2. The van der Waals surface area contributed by atoms with Gasteiger partial charge < -0.3 is 26.8 Å². The van der Waals surface area contributed by atoms with E-state index in [0.29, 0.717) is 25.9 Å². The summed E-state index contributed by atoms with van der Waals surface area (Å²) in [5.74, 6) is -2.86. The van der Waals surface area contributed by atoms with Gasteiger partial charge in [-0.3, -0.25) is 4.79 Å². The number of aromatic nitrogens is 1. The standard InChI is InChI=1S/C22H22F5N5O2S/c23-13-2-1-10(7-14(13)24)15(33)9-30-11-3-5-32(6-4-11)16-8-12(22(25,26)27)17-18(28)19(20(29)34)35-21(17)31-16/h1-2,7-8,11,15,30,33H,3-6,9,28H2,(H2,29,34). The molecule has 1 saturated heterocycles. The average molecular weight is 516 g/mol. The van der Waals surface area contributed by atoms with Gasteiger partial charge in [0.05, 0.1) is 17.4 Å². The van der Waals surface area contributed by atoms with Crippen molar-refractivity contribution in [2.75, 3.05) is 30.3 Å². The molecule has 0 radical (unpaired) electrons. The predicted octanol–water partition coefficient (Wildman–Crippen LogP) is 3.57. The van der Waals surface area contributed by atoms with Gasteiger partial charge >= 0.3 is 6.18 Å². The van der Waals surface area contributed by atoms with Gasteiger partial charge in [0.25, 0.3) is 5.91 Å². The molecule has 0 aliphatic carbocycles. The van der Waals surface area contributed by atoms with Crippen molar-refractivity contribution in [3.8, 4) is 0 Å². The minimum atomic E-state index is -4.71. The average Bonchev–Trinajstić information content (AvgIpc) is 3.15. The minimum Gasteiger partial charge on any atom is -0.397 e. The Hall–Kier alpha value is -3.03. The molecule has 1 aromatic carbocycles. The van der Waals surface area contributed by atoms with Crippen molar-refractivity contribution in [2.45, 2.75) is 31.2 Å². The van der Waals surface area contributed by atoms with Crippen LogP contribution in [-0.4, -0.2) is 41.7 Å². The molecular formula is C22H22F5N5O2S. The second kappa shape index (κ2) is 9.55. The first kappa shape index (κ1) is 25.1. The SMILES string of the molecule is NC(=O)c1sc2nc(N3CCC(NCC(O)c4ccc(F)c(F)c4)CC3)cc(C(F)(F)F)c2c1N. The smallest absolute Gasteiger partial charge is 0.397 e. The van der Waals surface area contributed by atoms with Gasteiger partial charge in [-0.25, -0.2) is 13.8 Å². The lowest BCUT2D eigenvalue weighted by molar-refractivity contribution is -0.136. The van der Waals surface area contributed by atoms with Crippen LogP contribution in [0.25, 0.3) is 10.2 Å². The lowest BCUT2D eigenvalue weighted by atomic mass is 10.0. The van der Waals surface area contributed by atoms with E-state index in [-0.39, 0.29) is 44.7 Å². The van der Waals surface area contributed by atoms with E-state index >= 15 is 0 Å². The second-order valence-electron chi connectivity index (χ2n) is 8.27. The third kappa shape index (κ3) is 5.16. The van der Waals surface area contributed by atoms with E-state index in [0.717, 1.165) is 29.5 Å². The number of primary amides is 1. The Morgan fingerprint density at radius 1 is 1.23 bits per heavy atom.